The predicted molar refractivity (Wildman–Crippen MR) is 73.3 cm³/mol. The van der Waals surface area contributed by atoms with Gasteiger partial charge in [0.25, 0.3) is 0 Å². The minimum absolute atomic E-state index is 0.0734. The van der Waals surface area contributed by atoms with E-state index in [9.17, 15) is 13.2 Å². The van der Waals surface area contributed by atoms with Crippen LogP contribution in [0.15, 0.2) is 0 Å². The van der Waals surface area contributed by atoms with Gasteiger partial charge in [0.05, 0.1) is 11.8 Å². The van der Waals surface area contributed by atoms with Crippen molar-refractivity contribution < 1.29 is 13.2 Å². The van der Waals surface area contributed by atoms with E-state index < -0.39 is 10.0 Å². The lowest BCUT2D eigenvalue weighted by Crippen LogP contribution is -2.46. The Hall–Kier alpha value is -0.660. The highest BCUT2D eigenvalue weighted by Crippen LogP contribution is 2.14. The van der Waals surface area contributed by atoms with Crippen LogP contribution in [-0.4, -0.2) is 68.0 Å². The molecule has 2 aliphatic heterocycles. The third-order valence-electron chi connectivity index (χ3n) is 3.89. The molecule has 0 saturated carbocycles. The lowest BCUT2D eigenvalue weighted by molar-refractivity contribution is -0.125. The Labute approximate surface area is 115 Å². The molecule has 0 bridgehead atoms. The van der Waals surface area contributed by atoms with Crippen LogP contribution in [0.4, 0.5) is 0 Å². The summed E-state index contributed by atoms with van der Waals surface area (Å²) in [4.78, 5) is 14.0. The van der Waals surface area contributed by atoms with E-state index in [2.05, 4.69) is 10.2 Å². The summed E-state index contributed by atoms with van der Waals surface area (Å²) >= 11 is 0. The smallest absolute Gasteiger partial charge is 0.237 e. The van der Waals surface area contributed by atoms with Crippen LogP contribution in [-0.2, 0) is 14.8 Å². The molecule has 110 valence electrons. The summed E-state index contributed by atoms with van der Waals surface area (Å²) in [5.74, 6) is 0.342. The maximum Gasteiger partial charge on any atom is 0.237 e. The molecule has 2 aliphatic rings. The largest absolute Gasteiger partial charge is 0.355 e. The molecule has 2 saturated heterocycles. The molecular weight excluding hydrogens is 266 g/mol. The summed E-state index contributed by atoms with van der Waals surface area (Å²) in [6, 6.07) is -0.118. The molecule has 2 fully saturated rings. The monoisotopic (exact) mass is 289 g/mol. The van der Waals surface area contributed by atoms with E-state index in [1.165, 1.54) is 0 Å². The molecule has 2 rings (SSSR count). The van der Waals surface area contributed by atoms with E-state index in [0.717, 1.165) is 25.8 Å². The topological polar surface area (TPSA) is 69.7 Å². The van der Waals surface area contributed by atoms with E-state index in [1.54, 1.807) is 4.31 Å². The number of carbonyl (C=O) groups is 1. The molecule has 7 heteroatoms. The average molecular weight is 289 g/mol. The summed E-state index contributed by atoms with van der Waals surface area (Å²) in [6.45, 7) is 5.34. The van der Waals surface area contributed by atoms with Crippen LogP contribution in [0, 0.1) is 0 Å². The SMILES string of the molecule is CC[C@H]1C(=O)NCCCN1CCN1CCCS1(=O)=O. The van der Waals surface area contributed by atoms with Crippen molar-refractivity contribution in [1.29, 1.82) is 0 Å². The van der Waals surface area contributed by atoms with Crippen LogP contribution < -0.4 is 5.32 Å². The Morgan fingerprint density at radius 3 is 2.68 bits per heavy atom. The van der Waals surface area contributed by atoms with Crippen molar-refractivity contribution in [2.24, 2.45) is 0 Å². The zero-order valence-electron chi connectivity index (χ0n) is 11.5. The van der Waals surface area contributed by atoms with E-state index in [1.807, 2.05) is 6.92 Å². The highest BCUT2D eigenvalue weighted by molar-refractivity contribution is 7.89. The standard InChI is InChI=1S/C12H23N3O3S/c1-2-11-12(16)13-5-3-6-14(11)8-9-15-7-4-10-19(15,17)18/h11H,2-10H2,1H3,(H,13,16)/t11-/m0/s1. The van der Waals surface area contributed by atoms with E-state index in [0.29, 0.717) is 26.2 Å². The third-order valence-corrected chi connectivity index (χ3v) is 5.85. The molecule has 6 nitrogen and oxygen atoms in total. The summed E-state index contributed by atoms with van der Waals surface area (Å²) in [7, 11) is -3.03. The van der Waals surface area contributed by atoms with Crippen molar-refractivity contribution in [3.8, 4) is 0 Å². The molecule has 19 heavy (non-hydrogen) atoms. The van der Waals surface area contributed by atoms with Crippen molar-refractivity contribution in [3.63, 3.8) is 0 Å². The van der Waals surface area contributed by atoms with Crippen LogP contribution in [0.25, 0.3) is 0 Å². The normalized spacial score (nSPS) is 29.1. The molecule has 1 amide bonds. The molecular formula is C12H23N3O3S. The number of hydrogen-bond acceptors (Lipinski definition) is 4. The highest BCUT2D eigenvalue weighted by Gasteiger charge is 2.31. The molecule has 2 heterocycles. The quantitative estimate of drug-likeness (QED) is 0.766. The van der Waals surface area contributed by atoms with Gasteiger partial charge in [-0.3, -0.25) is 9.69 Å². The average Bonchev–Trinajstić information content (AvgIpc) is 2.59. The molecule has 0 unspecified atom stereocenters. The first-order valence-electron chi connectivity index (χ1n) is 7.04. The second-order valence-corrected chi connectivity index (χ2v) is 7.26. The lowest BCUT2D eigenvalue weighted by atomic mass is 10.2. The Balaban J connectivity index is 1.95. The van der Waals surface area contributed by atoms with Gasteiger partial charge < -0.3 is 5.32 Å². The number of amides is 1. The van der Waals surface area contributed by atoms with Gasteiger partial charge in [-0.25, -0.2) is 12.7 Å². The number of hydrogen-bond donors (Lipinski definition) is 1. The number of nitrogens with one attached hydrogen (secondary N) is 1. The Bertz CT molecular complexity index is 424. The fourth-order valence-corrected chi connectivity index (χ4v) is 4.35. The summed E-state index contributed by atoms with van der Waals surface area (Å²) in [6.07, 6.45) is 2.41. The summed E-state index contributed by atoms with van der Waals surface area (Å²) < 4.78 is 25.0. The van der Waals surface area contributed by atoms with Gasteiger partial charge in [-0.2, -0.15) is 0 Å². The fraction of sp³-hybridized carbons (Fsp3) is 0.917. The molecule has 0 aromatic carbocycles. The van der Waals surface area contributed by atoms with Crippen molar-refractivity contribution in [2.45, 2.75) is 32.2 Å². The minimum atomic E-state index is -3.03. The first-order valence-corrected chi connectivity index (χ1v) is 8.65. The zero-order valence-corrected chi connectivity index (χ0v) is 12.3. The molecule has 0 aliphatic carbocycles. The van der Waals surface area contributed by atoms with Gasteiger partial charge in [0.2, 0.25) is 15.9 Å². The van der Waals surface area contributed by atoms with E-state index in [4.69, 9.17) is 0 Å². The molecule has 0 aromatic rings. The first-order chi connectivity index (χ1) is 9.04. The van der Waals surface area contributed by atoms with Gasteiger partial charge in [0, 0.05) is 32.7 Å². The highest BCUT2D eigenvalue weighted by atomic mass is 32.2. The van der Waals surface area contributed by atoms with Crippen molar-refractivity contribution in [1.82, 2.24) is 14.5 Å². The first kappa shape index (κ1) is 14.7. The zero-order chi connectivity index (χ0) is 13.9. The van der Waals surface area contributed by atoms with E-state index in [-0.39, 0.29) is 17.7 Å². The number of rotatable bonds is 4. The van der Waals surface area contributed by atoms with E-state index >= 15 is 0 Å². The maximum absolute atomic E-state index is 11.9. The van der Waals surface area contributed by atoms with Gasteiger partial charge >= 0.3 is 0 Å². The van der Waals surface area contributed by atoms with Crippen LogP contribution in [0.2, 0.25) is 0 Å². The lowest BCUT2D eigenvalue weighted by Gasteiger charge is -2.28. The maximum atomic E-state index is 11.9. The third kappa shape index (κ3) is 3.46. The second-order valence-electron chi connectivity index (χ2n) is 5.17. The molecule has 0 radical (unpaired) electrons. The van der Waals surface area contributed by atoms with Gasteiger partial charge in [-0.05, 0) is 19.3 Å². The molecule has 1 N–H and O–H groups in total. The summed E-state index contributed by atoms with van der Waals surface area (Å²) in [5, 5.41) is 2.91. The summed E-state index contributed by atoms with van der Waals surface area (Å²) in [5.41, 5.74) is 0. The van der Waals surface area contributed by atoms with Gasteiger partial charge in [0.15, 0.2) is 0 Å². The van der Waals surface area contributed by atoms with Crippen LogP contribution in [0.3, 0.4) is 0 Å². The Kier molecular flexibility index (Phi) is 4.81. The Morgan fingerprint density at radius 2 is 2.05 bits per heavy atom. The molecule has 0 aromatic heterocycles. The Morgan fingerprint density at radius 1 is 1.26 bits per heavy atom. The number of carbonyl (C=O) groups excluding carboxylic acids is 1. The number of nitrogens with zero attached hydrogens (tertiary/aromatic N) is 2. The van der Waals surface area contributed by atoms with Crippen LogP contribution >= 0.6 is 0 Å². The van der Waals surface area contributed by atoms with Gasteiger partial charge in [-0.1, -0.05) is 6.92 Å². The van der Waals surface area contributed by atoms with Crippen molar-refractivity contribution >= 4 is 15.9 Å². The minimum Gasteiger partial charge on any atom is -0.355 e. The van der Waals surface area contributed by atoms with Gasteiger partial charge in [-0.15, -0.1) is 0 Å². The second kappa shape index (κ2) is 6.19. The van der Waals surface area contributed by atoms with Crippen LogP contribution in [0.5, 0.6) is 0 Å². The predicted octanol–water partition coefficient (Wildman–Crippen LogP) is -0.378. The molecule has 1 atom stereocenters. The fourth-order valence-electron chi connectivity index (χ4n) is 2.83. The molecule has 0 spiro atoms. The van der Waals surface area contributed by atoms with Gasteiger partial charge in [0.1, 0.15) is 0 Å². The van der Waals surface area contributed by atoms with Crippen molar-refractivity contribution in [2.75, 3.05) is 38.5 Å². The van der Waals surface area contributed by atoms with Crippen LogP contribution in [0.1, 0.15) is 26.2 Å². The number of sulfonamides is 1. The van der Waals surface area contributed by atoms with Crippen molar-refractivity contribution in [3.05, 3.63) is 0 Å².